The highest BCUT2D eigenvalue weighted by Crippen LogP contribution is 2.37. The van der Waals surface area contributed by atoms with Crippen LogP contribution in [0.15, 0.2) is 65.1 Å². The van der Waals surface area contributed by atoms with Crippen molar-refractivity contribution in [2.45, 2.75) is 27.0 Å². The zero-order chi connectivity index (χ0) is 21.5. The predicted molar refractivity (Wildman–Crippen MR) is 121 cm³/mol. The smallest absolute Gasteiger partial charge is 0.269 e. The van der Waals surface area contributed by atoms with Crippen molar-refractivity contribution in [2.24, 2.45) is 0 Å². The number of halogens is 1. The van der Waals surface area contributed by atoms with E-state index in [0.29, 0.717) is 31.3 Å². The van der Waals surface area contributed by atoms with E-state index in [-0.39, 0.29) is 5.69 Å². The number of nitro benzene ring substituents is 1. The molecule has 0 bridgehead atoms. The number of nitro groups is 1. The van der Waals surface area contributed by atoms with Crippen molar-refractivity contribution in [3.05, 3.63) is 91.9 Å². The van der Waals surface area contributed by atoms with Gasteiger partial charge in [0.05, 0.1) is 16.0 Å². The Kier molecular flexibility index (Phi) is 7.30. The molecule has 0 aliphatic carbocycles. The predicted octanol–water partition coefficient (Wildman–Crippen LogP) is 6.26. The summed E-state index contributed by atoms with van der Waals surface area (Å²) in [4.78, 5) is 10.4. The molecule has 0 saturated carbocycles. The number of benzene rings is 3. The van der Waals surface area contributed by atoms with Gasteiger partial charge in [-0.05, 0) is 65.2 Å². The second kappa shape index (κ2) is 10.1. The number of aryl methyl sites for hydroxylation is 1. The first-order valence-corrected chi connectivity index (χ1v) is 10.4. The lowest BCUT2D eigenvalue weighted by atomic mass is 10.1. The first-order chi connectivity index (χ1) is 14.5. The highest BCUT2D eigenvalue weighted by atomic mass is 79.9. The molecule has 0 spiro atoms. The Morgan fingerprint density at radius 3 is 2.33 bits per heavy atom. The van der Waals surface area contributed by atoms with E-state index in [9.17, 15) is 10.1 Å². The molecule has 3 aromatic carbocycles. The average molecular weight is 471 g/mol. The van der Waals surface area contributed by atoms with Crippen LogP contribution in [0.25, 0.3) is 0 Å². The molecule has 0 heterocycles. The van der Waals surface area contributed by atoms with Crippen LogP contribution >= 0.6 is 15.9 Å². The van der Waals surface area contributed by atoms with Gasteiger partial charge < -0.3 is 14.8 Å². The van der Waals surface area contributed by atoms with Gasteiger partial charge in [0.2, 0.25) is 0 Å². The van der Waals surface area contributed by atoms with Crippen molar-refractivity contribution in [1.82, 2.24) is 0 Å². The van der Waals surface area contributed by atoms with Crippen LogP contribution in [0, 0.1) is 17.0 Å². The van der Waals surface area contributed by atoms with E-state index >= 15 is 0 Å². The molecule has 0 atom stereocenters. The Hall–Kier alpha value is -3.06. The summed E-state index contributed by atoms with van der Waals surface area (Å²) in [6.45, 7) is 5.48. The third kappa shape index (κ3) is 5.73. The normalized spacial score (nSPS) is 10.5. The Bertz CT molecular complexity index is 1000. The van der Waals surface area contributed by atoms with Crippen LogP contribution in [-0.2, 0) is 13.2 Å². The fourth-order valence-electron chi connectivity index (χ4n) is 2.87. The van der Waals surface area contributed by atoms with E-state index in [2.05, 4.69) is 40.3 Å². The fraction of sp³-hybridized carbons (Fsp3) is 0.217. The standard InChI is InChI=1S/C23H23BrN2O4/c1-3-29-22-13-18(14-25-19-8-10-20(11-9-19)26(27)28)12-21(24)23(22)30-15-17-6-4-16(2)5-7-17/h4-13,25H,3,14-15H2,1-2H3. The van der Waals surface area contributed by atoms with E-state index < -0.39 is 4.92 Å². The fourth-order valence-corrected chi connectivity index (χ4v) is 3.48. The van der Waals surface area contributed by atoms with E-state index in [1.165, 1.54) is 17.7 Å². The molecule has 0 fully saturated rings. The van der Waals surface area contributed by atoms with Crippen LogP contribution in [-0.4, -0.2) is 11.5 Å². The van der Waals surface area contributed by atoms with Gasteiger partial charge >= 0.3 is 0 Å². The summed E-state index contributed by atoms with van der Waals surface area (Å²) in [6.07, 6.45) is 0. The van der Waals surface area contributed by atoms with Gasteiger partial charge in [0.25, 0.3) is 5.69 Å². The van der Waals surface area contributed by atoms with Crippen LogP contribution in [0.4, 0.5) is 11.4 Å². The molecular weight excluding hydrogens is 448 g/mol. The summed E-state index contributed by atoms with van der Waals surface area (Å²) >= 11 is 3.60. The topological polar surface area (TPSA) is 73.6 Å². The molecule has 3 rings (SSSR count). The second-order valence-corrected chi connectivity index (χ2v) is 7.62. The van der Waals surface area contributed by atoms with Crippen LogP contribution < -0.4 is 14.8 Å². The first-order valence-electron chi connectivity index (χ1n) is 9.58. The lowest BCUT2D eigenvalue weighted by Crippen LogP contribution is -2.04. The lowest BCUT2D eigenvalue weighted by molar-refractivity contribution is -0.384. The third-order valence-electron chi connectivity index (χ3n) is 4.45. The third-order valence-corrected chi connectivity index (χ3v) is 5.04. The maximum atomic E-state index is 10.8. The summed E-state index contributed by atoms with van der Waals surface area (Å²) in [5.74, 6) is 1.33. The molecule has 0 saturated heterocycles. The summed E-state index contributed by atoms with van der Waals surface area (Å²) in [5.41, 5.74) is 4.15. The van der Waals surface area contributed by atoms with Gasteiger partial charge in [-0.15, -0.1) is 0 Å². The zero-order valence-electron chi connectivity index (χ0n) is 16.9. The number of nitrogens with zero attached hydrogens (tertiary/aromatic N) is 1. The number of ether oxygens (including phenoxy) is 2. The largest absolute Gasteiger partial charge is 0.490 e. The minimum atomic E-state index is -0.412. The Morgan fingerprint density at radius 1 is 1.00 bits per heavy atom. The lowest BCUT2D eigenvalue weighted by Gasteiger charge is -2.16. The highest BCUT2D eigenvalue weighted by Gasteiger charge is 2.13. The van der Waals surface area contributed by atoms with Crippen LogP contribution in [0.1, 0.15) is 23.6 Å². The molecule has 0 radical (unpaired) electrons. The minimum absolute atomic E-state index is 0.0667. The second-order valence-electron chi connectivity index (χ2n) is 6.77. The molecular formula is C23H23BrN2O4. The van der Waals surface area contributed by atoms with Crippen molar-refractivity contribution >= 4 is 27.3 Å². The quantitative estimate of drug-likeness (QED) is 0.295. The maximum absolute atomic E-state index is 10.8. The Morgan fingerprint density at radius 2 is 1.70 bits per heavy atom. The molecule has 6 nitrogen and oxygen atoms in total. The summed E-state index contributed by atoms with van der Waals surface area (Å²) in [5, 5.41) is 14.0. The summed E-state index contributed by atoms with van der Waals surface area (Å²) in [7, 11) is 0. The molecule has 0 aliphatic heterocycles. The molecule has 0 aliphatic rings. The number of hydrogen-bond donors (Lipinski definition) is 1. The Labute approximate surface area is 184 Å². The summed E-state index contributed by atoms with van der Waals surface area (Å²) in [6, 6.07) is 18.5. The van der Waals surface area contributed by atoms with Crippen LogP contribution in [0.2, 0.25) is 0 Å². The van der Waals surface area contributed by atoms with Gasteiger partial charge in [0.1, 0.15) is 6.61 Å². The molecule has 3 aromatic rings. The Balaban J connectivity index is 1.71. The van der Waals surface area contributed by atoms with Gasteiger partial charge in [-0.2, -0.15) is 0 Å². The molecule has 1 N–H and O–H groups in total. The highest BCUT2D eigenvalue weighted by molar-refractivity contribution is 9.10. The zero-order valence-corrected chi connectivity index (χ0v) is 18.4. The number of non-ortho nitro benzene ring substituents is 1. The number of anilines is 1. The number of hydrogen-bond acceptors (Lipinski definition) is 5. The van der Waals surface area contributed by atoms with Crippen molar-refractivity contribution in [3.8, 4) is 11.5 Å². The van der Waals surface area contributed by atoms with Gasteiger partial charge in [-0.1, -0.05) is 29.8 Å². The van der Waals surface area contributed by atoms with Crippen LogP contribution in [0.5, 0.6) is 11.5 Å². The SMILES string of the molecule is CCOc1cc(CNc2ccc([N+](=O)[O-])cc2)cc(Br)c1OCc1ccc(C)cc1. The van der Waals surface area contributed by atoms with Gasteiger partial charge in [0, 0.05) is 24.4 Å². The van der Waals surface area contributed by atoms with Crippen LogP contribution in [0.3, 0.4) is 0 Å². The molecule has 30 heavy (non-hydrogen) atoms. The van der Waals surface area contributed by atoms with E-state index in [1.54, 1.807) is 12.1 Å². The molecule has 7 heteroatoms. The van der Waals surface area contributed by atoms with Gasteiger partial charge in [-0.3, -0.25) is 10.1 Å². The van der Waals surface area contributed by atoms with Crippen molar-refractivity contribution in [2.75, 3.05) is 11.9 Å². The minimum Gasteiger partial charge on any atom is -0.490 e. The molecule has 0 amide bonds. The molecule has 0 unspecified atom stereocenters. The number of nitrogens with one attached hydrogen (secondary N) is 1. The van der Waals surface area contributed by atoms with E-state index in [4.69, 9.17) is 9.47 Å². The van der Waals surface area contributed by atoms with E-state index in [1.807, 2.05) is 31.2 Å². The maximum Gasteiger partial charge on any atom is 0.269 e. The molecule has 156 valence electrons. The molecule has 0 aromatic heterocycles. The van der Waals surface area contributed by atoms with E-state index in [0.717, 1.165) is 21.3 Å². The average Bonchev–Trinajstić information content (AvgIpc) is 2.73. The van der Waals surface area contributed by atoms with Crippen molar-refractivity contribution < 1.29 is 14.4 Å². The monoisotopic (exact) mass is 470 g/mol. The van der Waals surface area contributed by atoms with Gasteiger partial charge in [-0.25, -0.2) is 0 Å². The van der Waals surface area contributed by atoms with Gasteiger partial charge in [0.15, 0.2) is 11.5 Å². The first kappa shape index (κ1) is 21.6. The summed E-state index contributed by atoms with van der Waals surface area (Å²) < 4.78 is 12.7. The van der Waals surface area contributed by atoms with Crippen molar-refractivity contribution in [1.29, 1.82) is 0 Å². The number of rotatable bonds is 9. The van der Waals surface area contributed by atoms with Crippen molar-refractivity contribution in [3.63, 3.8) is 0 Å².